The average Bonchev–Trinajstić information content (AvgIpc) is 3.28. The number of aromatic nitrogens is 4. The number of alkyl halides is 6. The molecule has 2 aromatic carbocycles. The van der Waals surface area contributed by atoms with Crippen LogP contribution in [-0.2, 0) is 12.4 Å². The van der Waals surface area contributed by atoms with Gasteiger partial charge in [-0.25, -0.2) is 14.8 Å². The predicted molar refractivity (Wildman–Crippen MR) is 231 cm³/mol. The zero-order valence-corrected chi connectivity index (χ0v) is 34.3. The molecule has 0 bridgehead atoms. The second kappa shape index (κ2) is 21.8. The zero-order chi connectivity index (χ0) is 45.5. The first-order chi connectivity index (χ1) is 30.7. The third-order valence-corrected chi connectivity index (χ3v) is 9.89. The Hall–Kier alpha value is -7.15. The number of amides is 2. The van der Waals surface area contributed by atoms with Crippen molar-refractivity contribution in [3.63, 3.8) is 0 Å². The lowest BCUT2D eigenvalue weighted by Gasteiger charge is -2.33. The molecule has 0 radical (unpaired) electrons. The van der Waals surface area contributed by atoms with Crippen LogP contribution in [0, 0.1) is 0 Å². The number of ether oxygens (including phenoxy) is 2. The van der Waals surface area contributed by atoms with Crippen molar-refractivity contribution < 1.29 is 40.6 Å². The van der Waals surface area contributed by atoms with Gasteiger partial charge in [0.1, 0.15) is 34.6 Å². The third kappa shape index (κ3) is 14.5. The van der Waals surface area contributed by atoms with Crippen LogP contribution >= 0.6 is 0 Å². The molecule has 64 heavy (non-hydrogen) atoms. The fourth-order valence-electron chi connectivity index (χ4n) is 6.52. The summed E-state index contributed by atoms with van der Waals surface area (Å²) in [5, 5.41) is 5.73. The van der Waals surface area contributed by atoms with E-state index >= 15 is 0 Å². The highest BCUT2D eigenvalue weighted by Gasteiger charge is 2.31. The van der Waals surface area contributed by atoms with Crippen LogP contribution in [0.5, 0.6) is 23.0 Å². The monoisotopic (exact) mass is 888 g/mol. The van der Waals surface area contributed by atoms with Crippen molar-refractivity contribution in [2.24, 2.45) is 5.73 Å². The zero-order valence-electron chi connectivity index (χ0n) is 34.3. The van der Waals surface area contributed by atoms with E-state index in [0.717, 1.165) is 68.9 Å². The minimum absolute atomic E-state index is 0.0319. The maximum Gasteiger partial charge on any atom is 0.416 e. The van der Waals surface area contributed by atoms with Gasteiger partial charge in [0.2, 0.25) is 0 Å². The van der Waals surface area contributed by atoms with Crippen molar-refractivity contribution in [1.29, 1.82) is 0 Å². The smallest absolute Gasteiger partial charge is 0.416 e. The summed E-state index contributed by atoms with van der Waals surface area (Å²) in [6.07, 6.45) is 4.31. The number of halogens is 6. The van der Waals surface area contributed by atoms with E-state index in [4.69, 9.17) is 20.9 Å². The number of pyridine rings is 4. The number of nitrogens with one attached hydrogen (secondary N) is 2. The molecule has 4 aromatic heterocycles. The minimum atomic E-state index is -4.39. The minimum Gasteiger partial charge on any atom is -0.457 e. The second-order valence-electron chi connectivity index (χ2n) is 14.7. The van der Waals surface area contributed by atoms with Crippen molar-refractivity contribution >= 4 is 29.0 Å². The van der Waals surface area contributed by atoms with Crippen LogP contribution < -0.4 is 41.4 Å². The molecular formula is C45H46F6N10O3. The highest BCUT2D eigenvalue weighted by Crippen LogP contribution is 2.34. The van der Waals surface area contributed by atoms with Gasteiger partial charge in [0.15, 0.2) is 0 Å². The molecule has 0 aliphatic carbocycles. The summed E-state index contributed by atoms with van der Waals surface area (Å²) in [7, 11) is 0. The number of nitrogen functional groups attached to an aromatic ring is 1. The van der Waals surface area contributed by atoms with E-state index < -0.39 is 23.5 Å². The number of anilines is 4. The molecule has 6 aromatic rings. The first-order valence-corrected chi connectivity index (χ1v) is 20.2. The lowest BCUT2D eigenvalue weighted by Crippen LogP contribution is -2.46. The van der Waals surface area contributed by atoms with E-state index in [1.54, 1.807) is 85.7 Å². The lowest BCUT2D eigenvalue weighted by molar-refractivity contribution is -0.138. The van der Waals surface area contributed by atoms with Crippen LogP contribution in [0.3, 0.4) is 0 Å². The summed E-state index contributed by atoms with van der Waals surface area (Å²) in [6, 6.07) is 23.1. The molecule has 8 rings (SSSR count). The Morgan fingerprint density at radius 2 is 1.08 bits per heavy atom. The SMILES string of the molecule is NC1CCN(c2cc(Oc3ccc(C(F)(F)F)cc3)ccn2)CC1.Nc1cccnc1.O=C(Nc1cccnc1)NC1CCN(c2cc(Oc3ccc(C(F)(F)F)cc3)ccn2)CC1. The summed E-state index contributed by atoms with van der Waals surface area (Å²) in [5.74, 6) is 3.16. The van der Waals surface area contributed by atoms with Gasteiger partial charge in [-0.1, -0.05) is 0 Å². The Morgan fingerprint density at radius 1 is 0.609 bits per heavy atom. The molecule has 0 atom stereocenters. The van der Waals surface area contributed by atoms with Crippen molar-refractivity contribution in [3.05, 3.63) is 145 Å². The first kappa shape index (κ1) is 46.4. The van der Waals surface area contributed by atoms with Gasteiger partial charge in [-0.3, -0.25) is 9.97 Å². The Balaban J connectivity index is 0.000000191. The van der Waals surface area contributed by atoms with E-state index in [0.29, 0.717) is 53.3 Å². The Morgan fingerprint density at radius 3 is 1.48 bits per heavy atom. The molecule has 2 aliphatic heterocycles. The predicted octanol–water partition coefficient (Wildman–Crippen LogP) is 9.56. The number of nitrogens with zero attached hydrogens (tertiary/aromatic N) is 6. The fourth-order valence-corrected chi connectivity index (χ4v) is 6.52. The van der Waals surface area contributed by atoms with E-state index in [-0.39, 0.29) is 18.1 Å². The number of carbonyl (C=O) groups excluding carboxylic acids is 1. The van der Waals surface area contributed by atoms with Crippen LogP contribution in [0.2, 0.25) is 0 Å². The van der Waals surface area contributed by atoms with Gasteiger partial charge >= 0.3 is 18.4 Å². The third-order valence-electron chi connectivity index (χ3n) is 9.89. The number of nitrogens with two attached hydrogens (primary N) is 2. The molecule has 2 fully saturated rings. The van der Waals surface area contributed by atoms with Crippen LogP contribution in [0.25, 0.3) is 0 Å². The van der Waals surface area contributed by atoms with E-state index in [9.17, 15) is 31.1 Å². The highest BCUT2D eigenvalue weighted by atomic mass is 19.4. The van der Waals surface area contributed by atoms with Gasteiger partial charge in [-0.05, 0) is 111 Å². The largest absolute Gasteiger partial charge is 0.457 e. The van der Waals surface area contributed by atoms with Gasteiger partial charge < -0.3 is 41.4 Å². The van der Waals surface area contributed by atoms with Crippen LogP contribution in [0.4, 0.5) is 54.1 Å². The first-order valence-electron chi connectivity index (χ1n) is 20.2. The number of urea groups is 1. The standard InChI is InChI=1S/C23H22F3N5O2.C17H18F3N3O.C5H6N2/c24-23(25,26)16-3-5-19(6-4-16)33-20-7-11-28-21(14-20)31-12-8-17(9-13-31)29-22(32)30-18-2-1-10-27-15-18;18-17(19,20)12-1-3-14(4-2-12)24-15-5-8-22-16(11-15)23-9-6-13(21)7-10-23;6-5-2-1-3-7-4-5/h1-7,10-11,14-15,17H,8-9,12-13H2,(H2,29,30,32);1-5,8,11,13H,6-7,9-10,21H2;1-4H,6H2. The topological polar surface area (TPSA) is 170 Å². The maximum absolute atomic E-state index is 12.7. The van der Waals surface area contributed by atoms with Crippen LogP contribution in [0.15, 0.2) is 134 Å². The molecule has 2 saturated heterocycles. The van der Waals surface area contributed by atoms with Crippen molar-refractivity contribution in [3.8, 4) is 23.0 Å². The van der Waals surface area contributed by atoms with Gasteiger partial charge in [0.25, 0.3) is 0 Å². The van der Waals surface area contributed by atoms with E-state index in [2.05, 4.69) is 40.4 Å². The van der Waals surface area contributed by atoms with Crippen molar-refractivity contribution in [1.82, 2.24) is 25.3 Å². The molecule has 19 heteroatoms. The summed E-state index contributed by atoms with van der Waals surface area (Å²) in [5.41, 5.74) is 11.1. The van der Waals surface area contributed by atoms with Gasteiger partial charge in [0.05, 0.1) is 28.7 Å². The number of hydrogen-bond acceptors (Lipinski definition) is 11. The molecule has 2 aliphatic rings. The average molecular weight is 889 g/mol. The van der Waals surface area contributed by atoms with Crippen LogP contribution in [-0.4, -0.2) is 64.2 Å². The number of benzene rings is 2. The number of hydrogen-bond donors (Lipinski definition) is 4. The molecule has 6 heterocycles. The summed E-state index contributed by atoms with van der Waals surface area (Å²) in [4.78, 5) is 32.8. The number of carbonyl (C=O) groups is 1. The highest BCUT2D eigenvalue weighted by molar-refractivity contribution is 5.89. The molecule has 2 amide bonds. The van der Waals surface area contributed by atoms with Crippen molar-refractivity contribution in [2.45, 2.75) is 50.1 Å². The normalized spacial score (nSPS) is 14.5. The van der Waals surface area contributed by atoms with E-state index in [1.165, 1.54) is 24.3 Å². The molecular weight excluding hydrogens is 843 g/mol. The second-order valence-corrected chi connectivity index (χ2v) is 14.7. The molecule has 336 valence electrons. The molecule has 13 nitrogen and oxygen atoms in total. The fraction of sp³-hybridized carbons (Fsp3) is 0.267. The van der Waals surface area contributed by atoms with E-state index in [1.807, 2.05) is 0 Å². The van der Waals surface area contributed by atoms with Gasteiger partial charge in [-0.2, -0.15) is 26.3 Å². The summed E-state index contributed by atoms with van der Waals surface area (Å²) >= 11 is 0. The molecule has 6 N–H and O–H groups in total. The molecule has 0 spiro atoms. The summed E-state index contributed by atoms with van der Waals surface area (Å²) < 4.78 is 87.2. The molecule has 0 saturated carbocycles. The summed E-state index contributed by atoms with van der Waals surface area (Å²) in [6.45, 7) is 3.04. The lowest BCUT2D eigenvalue weighted by atomic mass is 10.1. The Kier molecular flexibility index (Phi) is 15.8. The number of piperidine rings is 2. The maximum atomic E-state index is 12.7. The van der Waals surface area contributed by atoms with Crippen LogP contribution in [0.1, 0.15) is 36.8 Å². The Bertz CT molecular complexity index is 2350. The quantitative estimate of drug-likeness (QED) is 0.107. The number of rotatable bonds is 8. The molecule has 0 unspecified atom stereocenters. The van der Waals surface area contributed by atoms with Gasteiger partial charge in [0, 0.05) is 81.4 Å². The Labute approximate surface area is 365 Å². The van der Waals surface area contributed by atoms with Gasteiger partial charge in [-0.15, -0.1) is 0 Å². The van der Waals surface area contributed by atoms with Crippen molar-refractivity contribution in [2.75, 3.05) is 47.0 Å².